The number of rotatable bonds is 2. The van der Waals surface area contributed by atoms with Crippen LogP contribution in [-0.4, -0.2) is 4.99 Å². The molecule has 0 heterocycles. The molecule has 80 valence electrons. The van der Waals surface area contributed by atoms with Gasteiger partial charge in [-0.15, -0.1) is 0 Å². The van der Waals surface area contributed by atoms with Crippen LogP contribution >= 0.6 is 12.2 Å². The summed E-state index contributed by atoms with van der Waals surface area (Å²) in [4.78, 5) is 0.486. The lowest BCUT2D eigenvalue weighted by molar-refractivity contribution is 0.496. The molecule has 1 fully saturated rings. The molecule has 1 aromatic rings. The van der Waals surface area contributed by atoms with Gasteiger partial charge < -0.3 is 5.32 Å². The van der Waals surface area contributed by atoms with Gasteiger partial charge in [0.1, 0.15) is 5.82 Å². The minimum absolute atomic E-state index is 0.106. The Bertz CT molecular complexity index is 415. The van der Waals surface area contributed by atoms with Gasteiger partial charge in [0.25, 0.3) is 0 Å². The molecule has 0 aliphatic heterocycles. The fraction of sp³-hybridized carbons (Fsp3) is 0.300. The van der Waals surface area contributed by atoms with Gasteiger partial charge in [-0.1, -0.05) is 12.2 Å². The summed E-state index contributed by atoms with van der Waals surface area (Å²) in [5.41, 5.74) is -0.106. The smallest absolute Gasteiger partial charge is 0.161 e. The molecule has 1 nitrogen and oxygen atoms in total. The maximum absolute atomic E-state index is 13.1. The number of thiocarbonyl (C=S) groups is 1. The molecule has 0 unspecified atom stereocenters. The number of anilines is 1. The average molecular weight is 231 g/mol. The Morgan fingerprint density at radius 1 is 1.13 bits per heavy atom. The molecule has 1 aliphatic rings. The molecule has 2 rings (SSSR count). The van der Waals surface area contributed by atoms with E-state index >= 15 is 0 Å². The Balaban J connectivity index is 2.20. The van der Waals surface area contributed by atoms with E-state index in [2.05, 4.69) is 5.32 Å². The third-order valence-electron chi connectivity index (χ3n) is 2.22. The van der Waals surface area contributed by atoms with Crippen molar-refractivity contribution in [1.29, 1.82) is 0 Å². The third kappa shape index (κ3) is 2.28. The van der Waals surface area contributed by atoms with Gasteiger partial charge in [0, 0.05) is 18.1 Å². The Morgan fingerprint density at radius 3 is 2.33 bits per heavy atom. The summed E-state index contributed by atoms with van der Waals surface area (Å²) >= 11 is 4.96. The second-order valence-electron chi connectivity index (χ2n) is 3.51. The highest BCUT2D eigenvalue weighted by molar-refractivity contribution is 7.80. The zero-order chi connectivity index (χ0) is 11.0. The Kier molecular flexibility index (Phi) is 2.65. The zero-order valence-corrected chi connectivity index (χ0v) is 8.50. The molecule has 0 saturated heterocycles. The monoisotopic (exact) mass is 231 g/mol. The van der Waals surface area contributed by atoms with Crippen LogP contribution < -0.4 is 5.32 Å². The normalized spacial score (nSPS) is 15.1. The summed E-state index contributed by atoms with van der Waals surface area (Å²) in [6.45, 7) is 0. The van der Waals surface area contributed by atoms with E-state index in [1.165, 1.54) is 0 Å². The molecule has 15 heavy (non-hydrogen) atoms. The van der Waals surface area contributed by atoms with Crippen LogP contribution in [0, 0.1) is 23.4 Å². The fourth-order valence-corrected chi connectivity index (χ4v) is 1.54. The predicted octanol–water partition coefficient (Wildman–Crippen LogP) is 3.25. The van der Waals surface area contributed by atoms with E-state index in [1.54, 1.807) is 0 Å². The SMILES string of the molecule is Fc1cc(F)c(NC(=S)C2CC2)cc1F. The first kappa shape index (κ1) is 10.4. The van der Waals surface area contributed by atoms with Gasteiger partial charge in [-0.2, -0.15) is 0 Å². The minimum atomic E-state index is -1.20. The van der Waals surface area contributed by atoms with Crippen molar-refractivity contribution in [2.75, 3.05) is 5.32 Å². The summed E-state index contributed by atoms with van der Waals surface area (Å²) in [6.07, 6.45) is 1.94. The second-order valence-corrected chi connectivity index (χ2v) is 3.95. The summed E-state index contributed by atoms with van der Waals surface area (Å²) < 4.78 is 38.5. The highest BCUT2D eigenvalue weighted by Crippen LogP contribution is 2.31. The Hall–Kier alpha value is -1.10. The van der Waals surface area contributed by atoms with Gasteiger partial charge in [0.15, 0.2) is 11.6 Å². The number of nitrogens with one attached hydrogen (secondary N) is 1. The number of halogens is 3. The van der Waals surface area contributed by atoms with E-state index in [0.29, 0.717) is 11.1 Å². The van der Waals surface area contributed by atoms with Crippen molar-refractivity contribution in [3.05, 3.63) is 29.6 Å². The van der Waals surface area contributed by atoms with Gasteiger partial charge in [0.05, 0.1) is 10.7 Å². The molecule has 1 aliphatic carbocycles. The van der Waals surface area contributed by atoms with Crippen LogP contribution in [0.3, 0.4) is 0 Å². The quantitative estimate of drug-likeness (QED) is 0.619. The predicted molar refractivity (Wildman–Crippen MR) is 55.3 cm³/mol. The van der Waals surface area contributed by atoms with Crippen molar-refractivity contribution in [3.8, 4) is 0 Å². The highest BCUT2D eigenvalue weighted by atomic mass is 32.1. The van der Waals surface area contributed by atoms with Crippen molar-refractivity contribution in [2.24, 2.45) is 5.92 Å². The van der Waals surface area contributed by atoms with E-state index < -0.39 is 17.5 Å². The summed E-state index contributed by atoms with van der Waals surface area (Å²) in [6, 6.07) is 1.28. The Morgan fingerprint density at radius 2 is 1.73 bits per heavy atom. The van der Waals surface area contributed by atoms with Crippen LogP contribution in [0.1, 0.15) is 12.8 Å². The van der Waals surface area contributed by atoms with E-state index in [-0.39, 0.29) is 11.6 Å². The van der Waals surface area contributed by atoms with Crippen molar-refractivity contribution < 1.29 is 13.2 Å². The lowest BCUT2D eigenvalue weighted by Gasteiger charge is -2.08. The van der Waals surface area contributed by atoms with Crippen molar-refractivity contribution in [1.82, 2.24) is 0 Å². The zero-order valence-electron chi connectivity index (χ0n) is 7.69. The number of benzene rings is 1. The van der Waals surface area contributed by atoms with Crippen LogP contribution in [-0.2, 0) is 0 Å². The van der Waals surface area contributed by atoms with E-state index in [0.717, 1.165) is 18.9 Å². The minimum Gasteiger partial charge on any atom is -0.347 e. The molecule has 1 N–H and O–H groups in total. The number of hydrogen-bond donors (Lipinski definition) is 1. The average Bonchev–Trinajstić information content (AvgIpc) is 2.97. The van der Waals surface area contributed by atoms with Gasteiger partial charge >= 0.3 is 0 Å². The van der Waals surface area contributed by atoms with E-state index in [1.807, 2.05) is 0 Å². The first-order valence-electron chi connectivity index (χ1n) is 4.53. The molecule has 0 spiro atoms. The standard InChI is InChI=1S/C10H8F3NS/c11-6-3-8(13)9(4-7(6)12)14-10(15)5-1-2-5/h3-5H,1-2H2,(H,14,15). The van der Waals surface area contributed by atoms with Gasteiger partial charge in [0.2, 0.25) is 0 Å². The molecule has 1 saturated carbocycles. The molecular weight excluding hydrogens is 223 g/mol. The van der Waals surface area contributed by atoms with Crippen LogP contribution in [0.2, 0.25) is 0 Å². The van der Waals surface area contributed by atoms with Crippen molar-refractivity contribution in [3.63, 3.8) is 0 Å². The summed E-state index contributed by atoms with van der Waals surface area (Å²) in [5.74, 6) is -2.86. The molecule has 0 aromatic heterocycles. The lowest BCUT2D eigenvalue weighted by atomic mass is 10.2. The van der Waals surface area contributed by atoms with Crippen LogP contribution in [0.4, 0.5) is 18.9 Å². The maximum Gasteiger partial charge on any atom is 0.161 e. The van der Waals surface area contributed by atoms with Gasteiger partial charge in [-0.25, -0.2) is 13.2 Å². The maximum atomic E-state index is 13.1. The molecule has 0 radical (unpaired) electrons. The van der Waals surface area contributed by atoms with Crippen LogP contribution in [0.15, 0.2) is 12.1 Å². The van der Waals surface area contributed by atoms with Crippen molar-refractivity contribution in [2.45, 2.75) is 12.8 Å². The first-order chi connectivity index (χ1) is 7.08. The van der Waals surface area contributed by atoms with E-state index in [9.17, 15) is 13.2 Å². The topological polar surface area (TPSA) is 12.0 Å². The number of hydrogen-bond acceptors (Lipinski definition) is 1. The molecule has 0 atom stereocenters. The lowest BCUT2D eigenvalue weighted by Crippen LogP contribution is -2.12. The van der Waals surface area contributed by atoms with Gasteiger partial charge in [-0.3, -0.25) is 0 Å². The fourth-order valence-electron chi connectivity index (χ4n) is 1.20. The molecule has 0 bridgehead atoms. The van der Waals surface area contributed by atoms with Crippen LogP contribution in [0.5, 0.6) is 0 Å². The summed E-state index contributed by atoms with van der Waals surface area (Å²) in [7, 11) is 0. The van der Waals surface area contributed by atoms with Gasteiger partial charge in [-0.05, 0) is 12.8 Å². The van der Waals surface area contributed by atoms with Crippen LogP contribution in [0.25, 0.3) is 0 Å². The van der Waals surface area contributed by atoms with Crippen molar-refractivity contribution >= 4 is 22.9 Å². The third-order valence-corrected chi connectivity index (χ3v) is 2.65. The molecule has 1 aromatic carbocycles. The highest BCUT2D eigenvalue weighted by Gasteiger charge is 2.26. The summed E-state index contributed by atoms with van der Waals surface area (Å²) in [5, 5.41) is 2.59. The molecule has 5 heteroatoms. The van der Waals surface area contributed by atoms with E-state index in [4.69, 9.17) is 12.2 Å². The molecular formula is C10H8F3NS. The second kappa shape index (κ2) is 3.81. The largest absolute Gasteiger partial charge is 0.347 e. The Labute approximate surface area is 90.3 Å². The molecule has 0 amide bonds. The first-order valence-corrected chi connectivity index (χ1v) is 4.94.